The van der Waals surface area contributed by atoms with Gasteiger partial charge in [0.25, 0.3) is 5.91 Å². The number of carbonyl (C=O) groups excluding carboxylic acids is 1. The molecule has 0 aromatic heterocycles. The Bertz CT molecular complexity index is 1410. The number of hydrogen-bond acceptors (Lipinski definition) is 7. The first-order chi connectivity index (χ1) is 19.9. The zero-order valence-electron chi connectivity index (χ0n) is 23.0. The quantitative estimate of drug-likeness (QED) is 0.0755. The molecule has 2 atom stereocenters. The number of azide groups is 1. The minimum atomic E-state index is -1.40. The van der Waals surface area contributed by atoms with Crippen LogP contribution >= 0.6 is 15.9 Å². The predicted molar refractivity (Wildman–Crippen MR) is 160 cm³/mol. The molecule has 0 saturated carbocycles. The van der Waals surface area contributed by atoms with Crippen molar-refractivity contribution < 1.29 is 19.4 Å². The van der Waals surface area contributed by atoms with Gasteiger partial charge in [0.2, 0.25) is 5.90 Å². The number of rotatable bonds is 13. The fourth-order valence-electron chi connectivity index (χ4n) is 4.52. The maximum absolute atomic E-state index is 14.1. The van der Waals surface area contributed by atoms with E-state index in [0.717, 1.165) is 21.2 Å². The van der Waals surface area contributed by atoms with Gasteiger partial charge in [0.15, 0.2) is 11.6 Å². The lowest BCUT2D eigenvalue weighted by atomic mass is 9.81. The zero-order chi connectivity index (χ0) is 29.2. The van der Waals surface area contributed by atoms with Crippen LogP contribution in [0.3, 0.4) is 0 Å². The summed E-state index contributed by atoms with van der Waals surface area (Å²) in [4.78, 5) is 22.1. The van der Waals surface area contributed by atoms with Gasteiger partial charge in [-0.25, -0.2) is 10.4 Å². The van der Waals surface area contributed by atoms with Crippen LogP contribution in [0, 0.1) is 0 Å². The van der Waals surface area contributed by atoms with Crippen LogP contribution in [0.5, 0.6) is 5.75 Å². The Hall–Kier alpha value is -3.89. The number of hydrogen-bond donors (Lipinski definition) is 3. The third-order valence-electron chi connectivity index (χ3n) is 6.56. The zero-order valence-corrected chi connectivity index (χ0v) is 24.5. The van der Waals surface area contributed by atoms with E-state index in [1.807, 2.05) is 86.6 Å². The summed E-state index contributed by atoms with van der Waals surface area (Å²) < 4.78 is 13.1. The van der Waals surface area contributed by atoms with Crippen LogP contribution in [0.2, 0.25) is 0 Å². The summed E-state index contributed by atoms with van der Waals surface area (Å²) in [5.41, 5.74) is 16.5. The number of ether oxygens (including phenoxy) is 2. The number of hydrazine groups is 1. The molecule has 1 amide bonds. The number of aliphatic hydroxyl groups is 1. The van der Waals surface area contributed by atoms with Crippen molar-refractivity contribution in [2.24, 2.45) is 10.1 Å². The molecule has 3 N–H and O–H groups in total. The highest BCUT2D eigenvalue weighted by Gasteiger charge is 2.53. The van der Waals surface area contributed by atoms with Gasteiger partial charge in [-0.15, -0.1) is 0 Å². The molecular weight excluding hydrogens is 588 g/mol. The smallest absolute Gasteiger partial charge is 0.266 e. The fourth-order valence-corrected chi connectivity index (χ4v) is 4.78. The number of amides is 1. The number of aliphatic hydroxyl groups excluding tert-OH is 1. The van der Waals surface area contributed by atoms with Crippen molar-refractivity contribution in [1.29, 1.82) is 0 Å². The van der Waals surface area contributed by atoms with Gasteiger partial charge in [0, 0.05) is 40.4 Å². The molecule has 3 aromatic carbocycles. The highest BCUT2D eigenvalue weighted by molar-refractivity contribution is 9.10. The van der Waals surface area contributed by atoms with Crippen molar-refractivity contribution in [1.82, 2.24) is 10.9 Å². The van der Waals surface area contributed by atoms with Crippen molar-refractivity contribution >= 4 is 27.7 Å². The molecule has 4 rings (SSSR count). The molecule has 0 aliphatic carbocycles. The van der Waals surface area contributed by atoms with E-state index in [9.17, 15) is 4.79 Å². The van der Waals surface area contributed by atoms with Crippen molar-refractivity contribution in [3.05, 3.63) is 110 Å². The molecule has 0 radical (unpaired) electrons. The second-order valence-electron chi connectivity index (χ2n) is 9.93. The Morgan fingerprint density at radius 3 is 2.51 bits per heavy atom. The van der Waals surface area contributed by atoms with Crippen LogP contribution in [0.15, 0.2) is 87.4 Å². The van der Waals surface area contributed by atoms with Crippen molar-refractivity contribution in [2.45, 2.75) is 50.9 Å². The molecule has 0 bridgehead atoms. The molecule has 3 aromatic rings. The van der Waals surface area contributed by atoms with Gasteiger partial charge in [-0.1, -0.05) is 57.4 Å². The van der Waals surface area contributed by atoms with Gasteiger partial charge >= 0.3 is 0 Å². The maximum atomic E-state index is 14.1. The molecule has 1 aliphatic rings. The number of nitrogens with zero attached hydrogens (tertiary/aromatic N) is 4. The average Bonchev–Trinajstić information content (AvgIpc) is 3.36. The first kappa shape index (κ1) is 30.1. The number of carbonyl (C=O) groups is 1. The number of aliphatic imine (C=N–C) groups is 1. The maximum Gasteiger partial charge on any atom is 0.266 e. The second kappa shape index (κ2) is 14.1. The molecule has 1 aliphatic heterocycles. The topological polar surface area (TPSA) is 141 Å². The first-order valence-corrected chi connectivity index (χ1v) is 14.1. The summed E-state index contributed by atoms with van der Waals surface area (Å²) >= 11 is 3.49. The molecule has 1 heterocycles. The summed E-state index contributed by atoms with van der Waals surface area (Å²) in [5, 5.41) is 12.8. The number of halogens is 1. The molecule has 10 nitrogen and oxygen atoms in total. The van der Waals surface area contributed by atoms with Crippen LogP contribution in [0.25, 0.3) is 10.4 Å². The van der Waals surface area contributed by atoms with E-state index < -0.39 is 11.6 Å². The van der Waals surface area contributed by atoms with E-state index in [0.29, 0.717) is 30.2 Å². The first-order valence-electron chi connectivity index (χ1n) is 13.4. The van der Waals surface area contributed by atoms with Crippen LogP contribution < -0.4 is 15.6 Å². The van der Waals surface area contributed by atoms with Crippen molar-refractivity contribution in [3.8, 4) is 5.75 Å². The molecule has 0 unspecified atom stereocenters. The monoisotopic (exact) mass is 620 g/mol. The SMILES string of the molecule is CC(C)NNC(=O)[C@@]1(Cc2ccccc2CN=[N+]=[N-])N=C(c2ccc(OCCCO)cc2)O[C@H]1c1ccc(Br)cc1. The van der Waals surface area contributed by atoms with E-state index in [1.165, 1.54) is 0 Å². The fraction of sp³-hybridized carbons (Fsp3) is 0.333. The van der Waals surface area contributed by atoms with Gasteiger partial charge < -0.3 is 14.6 Å². The number of nitrogens with one attached hydrogen (secondary N) is 2. The normalized spacial score (nSPS) is 17.9. The molecule has 0 saturated heterocycles. The van der Waals surface area contributed by atoms with E-state index >= 15 is 0 Å². The summed E-state index contributed by atoms with van der Waals surface area (Å²) in [6, 6.07) is 22.5. The molecule has 41 heavy (non-hydrogen) atoms. The van der Waals surface area contributed by atoms with Crippen LogP contribution in [-0.2, 0) is 22.5 Å². The van der Waals surface area contributed by atoms with E-state index in [-0.39, 0.29) is 31.5 Å². The van der Waals surface area contributed by atoms with E-state index in [2.05, 4.69) is 36.8 Å². The highest BCUT2D eigenvalue weighted by atomic mass is 79.9. The molecule has 0 spiro atoms. The largest absolute Gasteiger partial charge is 0.494 e. The molecule has 214 valence electrons. The summed E-state index contributed by atoms with van der Waals surface area (Å²) in [7, 11) is 0. The van der Waals surface area contributed by atoms with Crippen LogP contribution in [0.4, 0.5) is 0 Å². The Balaban J connectivity index is 1.81. The minimum absolute atomic E-state index is 0.0106. The third kappa shape index (κ3) is 7.45. The van der Waals surface area contributed by atoms with Gasteiger partial charge in [0.1, 0.15) is 5.75 Å². The van der Waals surface area contributed by atoms with Gasteiger partial charge in [-0.3, -0.25) is 10.2 Å². The van der Waals surface area contributed by atoms with Gasteiger partial charge in [-0.05, 0) is 72.5 Å². The van der Waals surface area contributed by atoms with Gasteiger partial charge in [-0.2, -0.15) is 0 Å². The Morgan fingerprint density at radius 2 is 1.85 bits per heavy atom. The van der Waals surface area contributed by atoms with Crippen molar-refractivity contribution in [2.75, 3.05) is 13.2 Å². The molecule has 11 heteroatoms. The van der Waals surface area contributed by atoms with Crippen LogP contribution in [0.1, 0.15) is 48.6 Å². The third-order valence-corrected chi connectivity index (χ3v) is 7.09. The van der Waals surface area contributed by atoms with E-state index in [1.54, 1.807) is 0 Å². The second-order valence-corrected chi connectivity index (χ2v) is 10.8. The average molecular weight is 622 g/mol. The Labute approximate surface area is 247 Å². The Morgan fingerprint density at radius 1 is 1.15 bits per heavy atom. The predicted octanol–water partition coefficient (Wildman–Crippen LogP) is 5.55. The summed E-state index contributed by atoms with van der Waals surface area (Å²) in [6.45, 7) is 4.46. The highest BCUT2D eigenvalue weighted by Crippen LogP contribution is 2.43. The Kier molecular flexibility index (Phi) is 10.4. The molecular formula is C30H33BrN6O4. The summed E-state index contributed by atoms with van der Waals surface area (Å²) in [6.07, 6.45) is -0.0228. The molecule has 0 fully saturated rings. The van der Waals surface area contributed by atoms with Crippen molar-refractivity contribution in [3.63, 3.8) is 0 Å². The van der Waals surface area contributed by atoms with E-state index in [4.69, 9.17) is 25.1 Å². The van der Waals surface area contributed by atoms with Gasteiger partial charge in [0.05, 0.1) is 13.2 Å². The lowest BCUT2D eigenvalue weighted by molar-refractivity contribution is -0.130. The standard InChI is InChI=1S/C30H33BrN6O4/c1-20(2)35-36-29(39)30(18-23-6-3-4-7-24(23)19-33-37-32)27(21-8-12-25(31)13-9-21)41-28(34-30)22-10-14-26(15-11-22)40-17-5-16-38/h3-4,6-15,20,27,35,38H,5,16-19H2,1-2H3,(H,36,39)/t27-,30-/m0/s1. The summed E-state index contributed by atoms with van der Waals surface area (Å²) in [5.74, 6) is 0.631. The minimum Gasteiger partial charge on any atom is -0.494 e. The lowest BCUT2D eigenvalue weighted by Crippen LogP contribution is -2.55. The van der Waals surface area contributed by atoms with Crippen LogP contribution in [-0.4, -0.2) is 41.7 Å². The number of benzene rings is 3. The lowest BCUT2D eigenvalue weighted by Gasteiger charge is -2.31.